The van der Waals surface area contributed by atoms with Crippen LogP contribution in [0.15, 0.2) is 53.3 Å². The van der Waals surface area contributed by atoms with Crippen LogP contribution in [0.1, 0.15) is 40.9 Å². The van der Waals surface area contributed by atoms with Crippen molar-refractivity contribution in [3.8, 4) is 0 Å². The zero-order chi connectivity index (χ0) is 24.2. The Kier molecular flexibility index (Phi) is 7.01. The molecule has 1 N–H and O–H groups in total. The minimum atomic E-state index is -0.0464. The molecule has 1 aliphatic rings. The smallest absolute Gasteiger partial charge is 0.252 e. The third-order valence-electron chi connectivity index (χ3n) is 6.85. The molecule has 1 saturated heterocycles. The number of H-pyrrole nitrogens is 1. The quantitative estimate of drug-likeness (QED) is 0.401. The van der Waals surface area contributed by atoms with Gasteiger partial charge in [-0.1, -0.05) is 42.5 Å². The second-order valence-electron chi connectivity index (χ2n) is 9.47. The van der Waals surface area contributed by atoms with Crippen molar-refractivity contribution in [3.63, 3.8) is 0 Å². The highest BCUT2D eigenvalue weighted by atomic mass is 16.5. The molecule has 3 heterocycles. The zero-order valence-electron chi connectivity index (χ0n) is 20.4. The summed E-state index contributed by atoms with van der Waals surface area (Å²) in [5, 5.41) is 13.6. The second kappa shape index (κ2) is 10.5. The predicted molar refractivity (Wildman–Crippen MR) is 135 cm³/mol. The average molecular weight is 473 g/mol. The van der Waals surface area contributed by atoms with Gasteiger partial charge in [0, 0.05) is 30.6 Å². The molecule has 1 aliphatic heterocycles. The molecule has 4 aromatic rings. The number of nitrogens with zero attached hydrogens (tertiary/aromatic N) is 5. The van der Waals surface area contributed by atoms with Crippen molar-refractivity contribution in [2.75, 3.05) is 13.2 Å². The van der Waals surface area contributed by atoms with Gasteiger partial charge in [0.2, 0.25) is 0 Å². The molecule has 1 fully saturated rings. The van der Waals surface area contributed by atoms with Crippen LogP contribution in [0.4, 0.5) is 0 Å². The molecule has 0 radical (unpaired) electrons. The predicted octanol–water partition coefficient (Wildman–Crippen LogP) is 3.56. The van der Waals surface area contributed by atoms with Gasteiger partial charge in [0.05, 0.1) is 24.7 Å². The Balaban J connectivity index is 1.41. The van der Waals surface area contributed by atoms with Crippen molar-refractivity contribution < 1.29 is 4.74 Å². The van der Waals surface area contributed by atoms with E-state index in [2.05, 4.69) is 62.7 Å². The number of aryl methyl sites for hydroxylation is 2. The number of aromatic nitrogens is 5. The van der Waals surface area contributed by atoms with Gasteiger partial charge in [0.1, 0.15) is 0 Å². The van der Waals surface area contributed by atoms with Crippen molar-refractivity contribution in [1.29, 1.82) is 0 Å². The van der Waals surface area contributed by atoms with Crippen LogP contribution >= 0.6 is 0 Å². The summed E-state index contributed by atoms with van der Waals surface area (Å²) in [5.74, 6) is 0.790. The number of ether oxygens (including phenoxy) is 1. The average Bonchev–Trinajstić information content (AvgIpc) is 3.54. The van der Waals surface area contributed by atoms with Crippen LogP contribution in [0.5, 0.6) is 0 Å². The summed E-state index contributed by atoms with van der Waals surface area (Å²) in [6, 6.07) is 16.6. The first kappa shape index (κ1) is 23.4. The van der Waals surface area contributed by atoms with E-state index in [9.17, 15) is 4.79 Å². The summed E-state index contributed by atoms with van der Waals surface area (Å²) in [5.41, 5.74) is 5.10. The topological polar surface area (TPSA) is 88.9 Å². The number of fused-ring (bicyclic) bond motifs is 1. The number of rotatable bonds is 9. The Labute approximate surface area is 204 Å². The maximum atomic E-state index is 13.1. The molecule has 0 amide bonds. The summed E-state index contributed by atoms with van der Waals surface area (Å²) < 4.78 is 7.64. The Morgan fingerprint density at radius 2 is 1.94 bits per heavy atom. The standard InChI is InChI=1S/C27H32N6O2/c1-19-10-11-20(2)26-24(19)15-22(27(34)28-26)16-32(13-12-21-7-4-3-5-8-21)18-25-29-30-31-33(25)17-23-9-6-14-35-23/h3-5,7-8,10-11,15,23H,6,9,12-14,16-18H2,1-2H3,(H,28,34). The van der Waals surface area contributed by atoms with Gasteiger partial charge in [-0.25, -0.2) is 4.68 Å². The zero-order valence-corrected chi connectivity index (χ0v) is 20.4. The van der Waals surface area contributed by atoms with Crippen LogP contribution in [0.3, 0.4) is 0 Å². The van der Waals surface area contributed by atoms with Crippen LogP contribution in [0, 0.1) is 13.8 Å². The molecule has 0 saturated carbocycles. The highest BCUT2D eigenvalue weighted by molar-refractivity contribution is 5.85. The van der Waals surface area contributed by atoms with Crippen molar-refractivity contribution in [2.45, 2.75) is 58.8 Å². The summed E-state index contributed by atoms with van der Waals surface area (Å²) in [6.45, 7) is 7.41. The number of tetrazole rings is 1. The molecule has 5 rings (SSSR count). The highest BCUT2D eigenvalue weighted by Crippen LogP contribution is 2.21. The lowest BCUT2D eigenvalue weighted by molar-refractivity contribution is 0.0916. The van der Waals surface area contributed by atoms with Gasteiger partial charge in [-0.15, -0.1) is 5.10 Å². The van der Waals surface area contributed by atoms with Crippen LogP contribution in [0.2, 0.25) is 0 Å². The maximum absolute atomic E-state index is 13.1. The minimum Gasteiger partial charge on any atom is -0.376 e. The fraction of sp³-hybridized carbons (Fsp3) is 0.407. The third-order valence-corrected chi connectivity index (χ3v) is 6.85. The van der Waals surface area contributed by atoms with E-state index >= 15 is 0 Å². The second-order valence-corrected chi connectivity index (χ2v) is 9.47. The van der Waals surface area contributed by atoms with Gasteiger partial charge in [0.15, 0.2) is 5.82 Å². The van der Waals surface area contributed by atoms with Gasteiger partial charge in [-0.05, 0) is 66.3 Å². The summed E-state index contributed by atoms with van der Waals surface area (Å²) >= 11 is 0. The lowest BCUT2D eigenvalue weighted by Crippen LogP contribution is -2.30. The first-order valence-corrected chi connectivity index (χ1v) is 12.3. The number of aromatic amines is 1. The van der Waals surface area contributed by atoms with E-state index < -0.39 is 0 Å². The molecule has 0 spiro atoms. The fourth-order valence-electron chi connectivity index (χ4n) is 4.78. The monoisotopic (exact) mass is 472 g/mol. The first-order valence-electron chi connectivity index (χ1n) is 12.3. The van der Waals surface area contributed by atoms with E-state index in [1.807, 2.05) is 29.8 Å². The van der Waals surface area contributed by atoms with Gasteiger partial charge < -0.3 is 9.72 Å². The van der Waals surface area contributed by atoms with Crippen molar-refractivity contribution >= 4 is 10.9 Å². The highest BCUT2D eigenvalue weighted by Gasteiger charge is 2.20. The number of benzene rings is 2. The van der Waals surface area contributed by atoms with Crippen LogP contribution in [-0.4, -0.2) is 49.3 Å². The maximum Gasteiger partial charge on any atom is 0.252 e. The largest absolute Gasteiger partial charge is 0.376 e. The summed E-state index contributed by atoms with van der Waals surface area (Å²) in [7, 11) is 0. The Morgan fingerprint density at radius 1 is 1.11 bits per heavy atom. The van der Waals surface area contributed by atoms with Gasteiger partial charge in [0.25, 0.3) is 5.56 Å². The van der Waals surface area contributed by atoms with Gasteiger partial charge in [-0.3, -0.25) is 9.69 Å². The van der Waals surface area contributed by atoms with Gasteiger partial charge >= 0.3 is 0 Å². The Hall–Kier alpha value is -3.36. The summed E-state index contributed by atoms with van der Waals surface area (Å²) in [4.78, 5) is 18.4. The fourth-order valence-corrected chi connectivity index (χ4v) is 4.78. The van der Waals surface area contributed by atoms with E-state index in [-0.39, 0.29) is 11.7 Å². The van der Waals surface area contributed by atoms with Gasteiger partial charge in [-0.2, -0.15) is 0 Å². The molecule has 0 aliphatic carbocycles. The molecule has 2 aromatic heterocycles. The minimum absolute atomic E-state index is 0.0464. The lowest BCUT2D eigenvalue weighted by Gasteiger charge is -2.22. The first-order chi connectivity index (χ1) is 17.1. The van der Waals surface area contributed by atoms with Crippen LogP contribution in [0.25, 0.3) is 10.9 Å². The normalized spacial score (nSPS) is 15.9. The molecule has 2 aromatic carbocycles. The van der Waals surface area contributed by atoms with E-state index in [1.54, 1.807) is 0 Å². The van der Waals surface area contributed by atoms with Crippen molar-refractivity contribution in [3.05, 3.63) is 87.0 Å². The van der Waals surface area contributed by atoms with Crippen LogP contribution < -0.4 is 5.56 Å². The van der Waals surface area contributed by atoms with E-state index in [0.29, 0.717) is 19.6 Å². The van der Waals surface area contributed by atoms with Crippen molar-refractivity contribution in [1.82, 2.24) is 30.1 Å². The number of pyridine rings is 1. The van der Waals surface area contributed by atoms with Crippen LogP contribution in [-0.2, 0) is 30.8 Å². The number of hydrogen-bond acceptors (Lipinski definition) is 6. The number of nitrogens with one attached hydrogen (secondary N) is 1. The molecule has 8 heteroatoms. The molecule has 1 unspecified atom stereocenters. The summed E-state index contributed by atoms with van der Waals surface area (Å²) in [6.07, 6.45) is 3.14. The molecule has 35 heavy (non-hydrogen) atoms. The molecule has 1 atom stereocenters. The van der Waals surface area contributed by atoms with E-state index in [4.69, 9.17) is 4.74 Å². The van der Waals surface area contributed by atoms with E-state index in [1.165, 1.54) is 5.56 Å². The van der Waals surface area contributed by atoms with Crippen molar-refractivity contribution in [2.24, 2.45) is 0 Å². The Bertz CT molecular complexity index is 1340. The SMILES string of the molecule is Cc1ccc(C)c2[nH]c(=O)c(CN(CCc3ccccc3)Cc3nnnn3CC3CCCO3)cc12. The molecule has 8 nitrogen and oxygen atoms in total. The number of hydrogen-bond donors (Lipinski definition) is 1. The van der Waals surface area contributed by atoms with E-state index in [0.717, 1.165) is 65.8 Å². The molecular weight excluding hydrogens is 440 g/mol. The molecule has 182 valence electrons. The lowest BCUT2D eigenvalue weighted by atomic mass is 10.0. The molecule has 0 bridgehead atoms. The third kappa shape index (κ3) is 5.49. The molecular formula is C27H32N6O2. The Morgan fingerprint density at radius 3 is 2.74 bits per heavy atom.